The van der Waals surface area contributed by atoms with Gasteiger partial charge in [0.2, 0.25) is 0 Å². The number of fused-ring (bicyclic) bond motifs is 4. The second-order valence-electron chi connectivity index (χ2n) is 6.70. The Bertz CT molecular complexity index is 1040. The molecule has 0 saturated heterocycles. The number of benzene rings is 3. The molecule has 0 amide bonds. The van der Waals surface area contributed by atoms with Gasteiger partial charge in [0.15, 0.2) is 0 Å². The zero-order valence-electron chi connectivity index (χ0n) is 13.8. The van der Waals surface area contributed by atoms with Gasteiger partial charge < -0.3 is 0 Å². The second kappa shape index (κ2) is 6.00. The molecule has 0 atom stereocenters. The molecule has 3 heteroatoms. The third-order valence-corrected chi connectivity index (χ3v) is 6.07. The molecule has 1 aliphatic rings. The minimum atomic E-state index is 0.483. The van der Waals surface area contributed by atoms with Crippen LogP contribution < -0.4 is 0 Å². The number of rotatable bonds is 3. The molecule has 1 nitrogen and oxygen atoms in total. The Kier molecular flexibility index (Phi) is 3.63. The number of hydrogen-bond acceptors (Lipinski definition) is 0. The van der Waals surface area contributed by atoms with Crippen LogP contribution in [-0.4, -0.2) is 11.5 Å². The van der Waals surface area contributed by atoms with E-state index in [0.29, 0.717) is 5.92 Å². The fourth-order valence-electron chi connectivity index (χ4n) is 4.22. The van der Waals surface area contributed by atoms with Crippen molar-refractivity contribution in [3.63, 3.8) is 0 Å². The van der Waals surface area contributed by atoms with Crippen molar-refractivity contribution >= 4 is 33.9 Å². The molecule has 0 aliphatic heterocycles. The van der Waals surface area contributed by atoms with Crippen molar-refractivity contribution in [3.05, 3.63) is 88.3 Å². The summed E-state index contributed by atoms with van der Waals surface area (Å²) in [5, 5.41) is 1.29. The summed E-state index contributed by atoms with van der Waals surface area (Å²) >= 11 is 3.66. The van der Waals surface area contributed by atoms with Crippen LogP contribution in [0.15, 0.2) is 77.2 Å². The van der Waals surface area contributed by atoms with Crippen LogP contribution in [0.4, 0.5) is 0 Å². The van der Waals surface area contributed by atoms with E-state index in [1.54, 1.807) is 0 Å². The van der Waals surface area contributed by atoms with Crippen LogP contribution in [0.1, 0.15) is 23.5 Å². The average Bonchev–Trinajstić information content (AvgIpc) is 3.20. The van der Waals surface area contributed by atoms with Crippen molar-refractivity contribution in [2.45, 2.75) is 18.9 Å². The van der Waals surface area contributed by atoms with E-state index in [0.717, 1.165) is 13.0 Å². The predicted octanol–water partition coefficient (Wildman–Crippen LogP) is 5.94. The normalized spacial score (nSPS) is 13.0. The molecule has 1 aromatic heterocycles. The molecule has 0 fully saturated rings. The Balaban J connectivity index is 1.51. The molecule has 1 aliphatic carbocycles. The maximum absolute atomic E-state index is 3.66. The summed E-state index contributed by atoms with van der Waals surface area (Å²) in [7, 11) is 2.21. The molecule has 4 aromatic rings. The van der Waals surface area contributed by atoms with E-state index in [1.165, 1.54) is 37.6 Å². The Hall–Kier alpha value is -2.13. The SMILES string of the molecule is Brc1cccc2c1cbn2CCC1c2ccccc2-c2ccccc21. The summed E-state index contributed by atoms with van der Waals surface area (Å²) < 4.78 is 3.55. The number of halogens is 1. The first kappa shape index (κ1) is 15.2. The van der Waals surface area contributed by atoms with Crippen molar-refractivity contribution in [3.8, 4) is 11.1 Å². The van der Waals surface area contributed by atoms with Gasteiger partial charge in [0.25, 0.3) is 0 Å². The third-order valence-electron chi connectivity index (χ3n) is 5.38. The van der Waals surface area contributed by atoms with E-state index < -0.39 is 0 Å². The zero-order chi connectivity index (χ0) is 16.8. The topological polar surface area (TPSA) is 4.93 Å². The molecule has 1 heterocycles. The Morgan fingerprint density at radius 1 is 0.840 bits per heavy atom. The molecular formula is C22H17BBrN. The van der Waals surface area contributed by atoms with Crippen molar-refractivity contribution in [2.24, 2.45) is 0 Å². The van der Waals surface area contributed by atoms with Crippen LogP contribution in [0.25, 0.3) is 22.0 Å². The fourth-order valence-corrected chi connectivity index (χ4v) is 4.71. The number of aryl methyl sites for hydroxylation is 1. The molecule has 0 saturated carbocycles. The van der Waals surface area contributed by atoms with Crippen LogP contribution in [0.5, 0.6) is 0 Å². The van der Waals surface area contributed by atoms with Gasteiger partial charge in [-0.25, -0.2) is 0 Å². The summed E-state index contributed by atoms with van der Waals surface area (Å²) in [5.74, 6) is 2.69. The van der Waals surface area contributed by atoms with E-state index in [-0.39, 0.29) is 0 Å². The van der Waals surface area contributed by atoms with E-state index >= 15 is 0 Å². The van der Waals surface area contributed by atoms with Gasteiger partial charge in [-0.1, -0.05) is 0 Å². The Labute approximate surface area is 156 Å². The molecular weight excluding hydrogens is 369 g/mol. The molecule has 3 aromatic carbocycles. The van der Waals surface area contributed by atoms with Gasteiger partial charge in [0, 0.05) is 0 Å². The van der Waals surface area contributed by atoms with Crippen LogP contribution in [0.2, 0.25) is 0 Å². The Morgan fingerprint density at radius 3 is 2.24 bits per heavy atom. The summed E-state index contributed by atoms with van der Waals surface area (Å²) in [6.45, 7) is 1.02. The number of hydrogen-bond donors (Lipinski definition) is 0. The van der Waals surface area contributed by atoms with Gasteiger partial charge >= 0.3 is 157 Å². The molecule has 0 spiro atoms. The first-order valence-corrected chi connectivity index (χ1v) is 9.54. The van der Waals surface area contributed by atoms with E-state index in [4.69, 9.17) is 0 Å². The molecule has 25 heavy (non-hydrogen) atoms. The van der Waals surface area contributed by atoms with Gasteiger partial charge in [0.1, 0.15) is 0 Å². The monoisotopic (exact) mass is 385 g/mol. The van der Waals surface area contributed by atoms with Gasteiger partial charge in [-0.3, -0.25) is 0 Å². The van der Waals surface area contributed by atoms with E-state index in [2.05, 4.69) is 100 Å². The number of aromatic nitrogens is 1. The van der Waals surface area contributed by atoms with Crippen molar-refractivity contribution in [2.75, 3.05) is 0 Å². The molecule has 0 radical (unpaired) electrons. The predicted molar refractivity (Wildman–Crippen MR) is 109 cm³/mol. The first-order valence-electron chi connectivity index (χ1n) is 8.74. The summed E-state index contributed by atoms with van der Waals surface area (Å²) in [6, 6.07) is 24.2. The quantitative estimate of drug-likeness (QED) is 0.411. The maximum atomic E-state index is 3.66. The van der Waals surface area contributed by atoms with Gasteiger partial charge in [-0.15, -0.1) is 0 Å². The van der Waals surface area contributed by atoms with E-state index in [9.17, 15) is 0 Å². The van der Waals surface area contributed by atoms with Crippen LogP contribution in [0.3, 0.4) is 0 Å². The van der Waals surface area contributed by atoms with Crippen molar-refractivity contribution in [1.82, 2.24) is 4.47 Å². The number of nitrogens with zero attached hydrogens (tertiary/aromatic N) is 1. The molecule has 0 unspecified atom stereocenters. The zero-order valence-corrected chi connectivity index (χ0v) is 15.4. The van der Waals surface area contributed by atoms with Crippen LogP contribution in [-0.2, 0) is 6.54 Å². The molecule has 0 bridgehead atoms. The van der Waals surface area contributed by atoms with Crippen LogP contribution >= 0.6 is 15.9 Å². The van der Waals surface area contributed by atoms with E-state index in [1.807, 2.05) is 0 Å². The average molecular weight is 386 g/mol. The van der Waals surface area contributed by atoms with Gasteiger partial charge in [-0.05, 0) is 0 Å². The summed E-state index contributed by atoms with van der Waals surface area (Å²) in [4.78, 5) is 0. The van der Waals surface area contributed by atoms with Crippen molar-refractivity contribution < 1.29 is 0 Å². The van der Waals surface area contributed by atoms with Gasteiger partial charge in [0.05, 0.1) is 0 Å². The third kappa shape index (κ3) is 2.41. The summed E-state index contributed by atoms with van der Waals surface area (Å²) in [5.41, 5.74) is 7.06. The fraction of sp³-hybridized carbons (Fsp3) is 0.136. The molecule has 5 rings (SSSR count). The second-order valence-corrected chi connectivity index (χ2v) is 7.55. The van der Waals surface area contributed by atoms with Crippen LogP contribution in [0, 0.1) is 0 Å². The van der Waals surface area contributed by atoms with Crippen molar-refractivity contribution in [1.29, 1.82) is 0 Å². The first-order chi connectivity index (χ1) is 12.3. The van der Waals surface area contributed by atoms with Gasteiger partial charge in [-0.2, -0.15) is 0 Å². The molecule has 120 valence electrons. The summed E-state index contributed by atoms with van der Waals surface area (Å²) in [6.07, 6.45) is 1.12. The minimum absolute atomic E-state index is 0.483. The molecule has 0 N–H and O–H groups in total. The standard InChI is InChI=1S/C22H17BBrN/c24-21-10-5-11-22-20(21)14-23-25(22)13-12-19-17-8-3-1-6-15(17)16-7-2-4-9-18(16)19/h1-11,14,19H,12-13H2. The Morgan fingerprint density at radius 2 is 1.52 bits per heavy atom.